The van der Waals surface area contributed by atoms with Crippen LogP contribution in [0.2, 0.25) is 5.02 Å². The zero-order chi connectivity index (χ0) is 15.3. The molecule has 6 heteroatoms. The fourth-order valence-electron chi connectivity index (χ4n) is 3.17. The predicted molar refractivity (Wildman–Crippen MR) is 83.7 cm³/mol. The molecular formula is C15H26ClN3O2. The monoisotopic (exact) mass is 315 g/mol. The zero-order valence-electron chi connectivity index (χ0n) is 13.2. The molecule has 1 saturated heterocycles. The van der Waals surface area contributed by atoms with Gasteiger partial charge in [0.2, 0.25) is 0 Å². The normalized spacial score (nSPS) is 19.6. The van der Waals surface area contributed by atoms with E-state index in [9.17, 15) is 0 Å². The van der Waals surface area contributed by atoms with Crippen LogP contribution in [-0.2, 0) is 16.0 Å². The Hall–Kier alpha value is -0.620. The van der Waals surface area contributed by atoms with Crippen LogP contribution in [0.15, 0.2) is 6.20 Å². The van der Waals surface area contributed by atoms with Gasteiger partial charge in [0.1, 0.15) is 0 Å². The van der Waals surface area contributed by atoms with Gasteiger partial charge in [-0.1, -0.05) is 18.5 Å². The number of ether oxygens (including phenoxy) is 2. The van der Waals surface area contributed by atoms with Crippen molar-refractivity contribution in [3.63, 3.8) is 0 Å². The highest BCUT2D eigenvalue weighted by Crippen LogP contribution is 2.40. The number of aryl methyl sites for hydroxylation is 1. The number of halogens is 1. The van der Waals surface area contributed by atoms with Crippen molar-refractivity contribution in [1.82, 2.24) is 15.1 Å². The summed E-state index contributed by atoms with van der Waals surface area (Å²) in [6.07, 6.45) is 3.46. The maximum absolute atomic E-state index is 6.43. The third-order valence-electron chi connectivity index (χ3n) is 4.11. The molecule has 21 heavy (non-hydrogen) atoms. The van der Waals surface area contributed by atoms with E-state index in [1.807, 2.05) is 11.6 Å². The first-order valence-electron chi connectivity index (χ1n) is 7.84. The zero-order valence-corrected chi connectivity index (χ0v) is 13.9. The molecule has 2 rings (SSSR count). The van der Waals surface area contributed by atoms with Gasteiger partial charge in [-0.2, -0.15) is 5.10 Å². The Labute approximate surface area is 131 Å². The lowest BCUT2D eigenvalue weighted by Crippen LogP contribution is -2.50. The number of likely N-dealkylation sites (N-methyl/N-ethyl adjacent to an activating group) is 1. The molecule has 1 atom stereocenters. The van der Waals surface area contributed by atoms with Gasteiger partial charge in [-0.05, 0) is 20.4 Å². The Bertz CT molecular complexity index is 439. The van der Waals surface area contributed by atoms with E-state index in [0.29, 0.717) is 11.6 Å². The van der Waals surface area contributed by atoms with Crippen molar-refractivity contribution in [3.05, 3.63) is 16.9 Å². The smallest absolute Gasteiger partial charge is 0.0935 e. The average Bonchev–Trinajstić information content (AvgIpc) is 2.86. The van der Waals surface area contributed by atoms with Crippen LogP contribution < -0.4 is 5.32 Å². The van der Waals surface area contributed by atoms with Crippen LogP contribution in [0.25, 0.3) is 0 Å². The van der Waals surface area contributed by atoms with Gasteiger partial charge in [0, 0.05) is 39.2 Å². The van der Waals surface area contributed by atoms with E-state index in [1.54, 1.807) is 6.20 Å². The van der Waals surface area contributed by atoms with E-state index in [-0.39, 0.29) is 11.6 Å². The molecule has 1 fully saturated rings. The van der Waals surface area contributed by atoms with Crippen LogP contribution >= 0.6 is 11.6 Å². The summed E-state index contributed by atoms with van der Waals surface area (Å²) < 4.78 is 13.7. The molecule has 1 aromatic rings. The number of nitrogens with one attached hydrogen (secondary N) is 1. The minimum absolute atomic E-state index is 0.0290. The van der Waals surface area contributed by atoms with Gasteiger partial charge >= 0.3 is 0 Å². The molecule has 0 amide bonds. The van der Waals surface area contributed by atoms with Gasteiger partial charge in [-0.15, -0.1) is 0 Å². The SMILES string of the molecule is CCNC(c1c(Cl)cnn1CC)C1(OCC)CCOCC1. The van der Waals surface area contributed by atoms with Crippen LogP contribution in [0.3, 0.4) is 0 Å². The van der Waals surface area contributed by atoms with Crippen molar-refractivity contribution < 1.29 is 9.47 Å². The molecular weight excluding hydrogens is 290 g/mol. The minimum Gasteiger partial charge on any atom is -0.381 e. The first kappa shape index (κ1) is 16.7. The highest BCUT2D eigenvalue weighted by Gasteiger charge is 2.44. The average molecular weight is 316 g/mol. The van der Waals surface area contributed by atoms with E-state index < -0.39 is 0 Å². The van der Waals surface area contributed by atoms with E-state index in [1.165, 1.54) is 0 Å². The van der Waals surface area contributed by atoms with E-state index in [4.69, 9.17) is 21.1 Å². The third kappa shape index (κ3) is 3.42. The fourth-order valence-corrected chi connectivity index (χ4v) is 3.42. The maximum atomic E-state index is 6.43. The van der Waals surface area contributed by atoms with Gasteiger partial charge in [0.15, 0.2) is 0 Å². The topological polar surface area (TPSA) is 48.3 Å². The molecule has 0 saturated carbocycles. The standard InChI is InChI=1S/C15H26ClN3O2/c1-4-17-14(13-12(16)11-18-19(13)5-2)15(21-6-3)7-9-20-10-8-15/h11,14,17H,4-10H2,1-3H3. The Morgan fingerprint density at radius 3 is 2.71 bits per heavy atom. The van der Waals surface area contributed by atoms with Gasteiger partial charge in [0.25, 0.3) is 0 Å². The molecule has 5 nitrogen and oxygen atoms in total. The number of hydrogen-bond donors (Lipinski definition) is 1. The number of rotatable bonds is 7. The quantitative estimate of drug-likeness (QED) is 0.840. The van der Waals surface area contributed by atoms with Gasteiger partial charge in [-0.3, -0.25) is 4.68 Å². The predicted octanol–water partition coefficient (Wildman–Crippen LogP) is 2.79. The fraction of sp³-hybridized carbons (Fsp3) is 0.800. The molecule has 0 bridgehead atoms. The van der Waals surface area contributed by atoms with Crippen LogP contribution in [0.1, 0.15) is 45.3 Å². The maximum Gasteiger partial charge on any atom is 0.0935 e. The Kier molecular flexibility index (Phi) is 6.05. The summed E-state index contributed by atoms with van der Waals surface area (Å²) in [6.45, 7) is 9.99. The lowest BCUT2D eigenvalue weighted by molar-refractivity contribution is -0.129. The van der Waals surface area contributed by atoms with Crippen molar-refractivity contribution in [2.24, 2.45) is 0 Å². The summed E-state index contributed by atoms with van der Waals surface area (Å²) in [7, 11) is 0. The summed E-state index contributed by atoms with van der Waals surface area (Å²) in [5, 5.41) is 8.65. The molecule has 0 spiro atoms. The van der Waals surface area contributed by atoms with Crippen LogP contribution in [0.4, 0.5) is 0 Å². The number of aromatic nitrogens is 2. The van der Waals surface area contributed by atoms with E-state index >= 15 is 0 Å². The second-order valence-corrected chi connectivity index (χ2v) is 5.70. The molecule has 1 unspecified atom stereocenters. The molecule has 1 aliphatic rings. The summed E-state index contributed by atoms with van der Waals surface area (Å²) in [6, 6.07) is 0.0290. The summed E-state index contributed by atoms with van der Waals surface area (Å²) in [5.41, 5.74) is 0.746. The van der Waals surface area contributed by atoms with Gasteiger partial charge < -0.3 is 14.8 Å². The Balaban J connectivity index is 2.41. The number of nitrogens with zero attached hydrogens (tertiary/aromatic N) is 2. The summed E-state index contributed by atoms with van der Waals surface area (Å²) in [4.78, 5) is 0. The van der Waals surface area contributed by atoms with Crippen molar-refractivity contribution >= 4 is 11.6 Å². The van der Waals surface area contributed by atoms with Gasteiger partial charge in [0.05, 0.1) is 28.6 Å². The first-order valence-corrected chi connectivity index (χ1v) is 8.22. The largest absolute Gasteiger partial charge is 0.381 e. The highest BCUT2D eigenvalue weighted by molar-refractivity contribution is 6.31. The van der Waals surface area contributed by atoms with Crippen molar-refractivity contribution in [2.75, 3.05) is 26.4 Å². The number of hydrogen-bond acceptors (Lipinski definition) is 4. The molecule has 1 aliphatic heterocycles. The van der Waals surface area contributed by atoms with Crippen molar-refractivity contribution in [2.45, 2.75) is 51.8 Å². The van der Waals surface area contributed by atoms with Gasteiger partial charge in [-0.25, -0.2) is 0 Å². The second-order valence-electron chi connectivity index (χ2n) is 5.29. The van der Waals surface area contributed by atoms with E-state index in [0.717, 1.165) is 44.8 Å². The molecule has 2 heterocycles. The lowest BCUT2D eigenvalue weighted by Gasteiger charge is -2.43. The molecule has 0 aliphatic carbocycles. The lowest BCUT2D eigenvalue weighted by atomic mass is 9.83. The Morgan fingerprint density at radius 1 is 1.43 bits per heavy atom. The molecule has 0 aromatic carbocycles. The van der Waals surface area contributed by atoms with Crippen LogP contribution in [-0.4, -0.2) is 41.7 Å². The second kappa shape index (κ2) is 7.58. The summed E-state index contributed by atoms with van der Waals surface area (Å²) >= 11 is 6.43. The van der Waals surface area contributed by atoms with Crippen molar-refractivity contribution in [3.8, 4) is 0 Å². The summed E-state index contributed by atoms with van der Waals surface area (Å²) in [5.74, 6) is 0. The van der Waals surface area contributed by atoms with Crippen molar-refractivity contribution in [1.29, 1.82) is 0 Å². The first-order chi connectivity index (χ1) is 10.2. The highest BCUT2D eigenvalue weighted by atomic mass is 35.5. The minimum atomic E-state index is -0.278. The molecule has 0 radical (unpaired) electrons. The van der Waals surface area contributed by atoms with E-state index in [2.05, 4.69) is 24.3 Å². The van der Waals surface area contributed by atoms with Crippen LogP contribution in [0, 0.1) is 0 Å². The molecule has 1 aromatic heterocycles. The Morgan fingerprint density at radius 2 is 2.14 bits per heavy atom. The van der Waals surface area contributed by atoms with Crippen LogP contribution in [0.5, 0.6) is 0 Å². The third-order valence-corrected chi connectivity index (χ3v) is 4.40. The molecule has 120 valence electrons. The molecule has 1 N–H and O–H groups in total.